The molecule has 1 amide bonds. The van der Waals surface area contributed by atoms with E-state index in [9.17, 15) is 14.0 Å². The van der Waals surface area contributed by atoms with Gasteiger partial charge >= 0.3 is 0 Å². The average molecular weight is 354 g/mol. The minimum absolute atomic E-state index is 0.139. The minimum Gasteiger partial charge on any atom is -0.497 e. The van der Waals surface area contributed by atoms with Crippen LogP contribution in [0.15, 0.2) is 53.3 Å². The van der Waals surface area contributed by atoms with Crippen LogP contribution in [0.5, 0.6) is 5.75 Å². The Hall–Kier alpha value is -3.15. The molecule has 3 rings (SSSR count). The van der Waals surface area contributed by atoms with Crippen molar-refractivity contribution in [2.24, 2.45) is 0 Å². The average Bonchev–Trinajstić information content (AvgIpc) is 2.65. The van der Waals surface area contributed by atoms with E-state index < -0.39 is 5.82 Å². The highest BCUT2D eigenvalue weighted by Crippen LogP contribution is 2.14. The summed E-state index contributed by atoms with van der Waals surface area (Å²) in [5.74, 6) is 0.216. The van der Waals surface area contributed by atoms with Crippen molar-refractivity contribution in [1.29, 1.82) is 0 Å². The molecule has 0 aliphatic rings. The van der Waals surface area contributed by atoms with Gasteiger partial charge in [0.1, 0.15) is 11.6 Å². The zero-order valence-electron chi connectivity index (χ0n) is 14.3. The summed E-state index contributed by atoms with van der Waals surface area (Å²) in [7, 11) is 1.60. The fourth-order valence-electron chi connectivity index (χ4n) is 2.68. The van der Waals surface area contributed by atoms with Crippen LogP contribution < -0.4 is 15.6 Å². The Morgan fingerprint density at radius 2 is 1.92 bits per heavy atom. The SMILES string of the molecule is COc1ccc(CNC(=O)CCc2cc3ccc(F)cc3[nH]c2=O)cc1. The van der Waals surface area contributed by atoms with E-state index in [-0.39, 0.29) is 17.9 Å². The van der Waals surface area contributed by atoms with Crippen molar-refractivity contribution in [3.8, 4) is 5.75 Å². The molecule has 0 spiro atoms. The van der Waals surface area contributed by atoms with E-state index in [1.54, 1.807) is 19.2 Å². The second-order valence-corrected chi connectivity index (χ2v) is 5.98. The van der Waals surface area contributed by atoms with Gasteiger partial charge in [-0.25, -0.2) is 4.39 Å². The lowest BCUT2D eigenvalue weighted by atomic mass is 10.1. The number of aryl methyl sites for hydroxylation is 1. The molecule has 3 aromatic rings. The van der Waals surface area contributed by atoms with Crippen molar-refractivity contribution in [2.45, 2.75) is 19.4 Å². The summed E-state index contributed by atoms with van der Waals surface area (Å²) in [4.78, 5) is 26.8. The number of fused-ring (bicyclic) bond motifs is 1. The van der Waals surface area contributed by atoms with Crippen LogP contribution in [0.1, 0.15) is 17.5 Å². The van der Waals surface area contributed by atoms with Gasteiger partial charge in [0.15, 0.2) is 0 Å². The number of aromatic amines is 1. The van der Waals surface area contributed by atoms with Crippen LogP contribution in [0.2, 0.25) is 0 Å². The number of carbonyl (C=O) groups is 1. The number of pyridine rings is 1. The van der Waals surface area contributed by atoms with Gasteiger partial charge in [0.25, 0.3) is 5.56 Å². The number of amides is 1. The maximum atomic E-state index is 13.2. The maximum absolute atomic E-state index is 13.2. The highest BCUT2D eigenvalue weighted by atomic mass is 19.1. The Bertz CT molecular complexity index is 981. The number of H-pyrrole nitrogens is 1. The Kier molecular flexibility index (Phi) is 5.31. The molecule has 1 aromatic heterocycles. The van der Waals surface area contributed by atoms with E-state index in [2.05, 4.69) is 10.3 Å². The van der Waals surface area contributed by atoms with Gasteiger partial charge in [-0.15, -0.1) is 0 Å². The van der Waals surface area contributed by atoms with Crippen LogP contribution in [0, 0.1) is 5.82 Å². The Labute approximate surface area is 149 Å². The summed E-state index contributed by atoms with van der Waals surface area (Å²) in [6.07, 6.45) is 0.517. The first-order valence-corrected chi connectivity index (χ1v) is 8.26. The number of aromatic nitrogens is 1. The molecule has 0 saturated heterocycles. The van der Waals surface area contributed by atoms with Gasteiger partial charge in [-0.1, -0.05) is 12.1 Å². The first-order valence-electron chi connectivity index (χ1n) is 8.26. The lowest BCUT2D eigenvalue weighted by molar-refractivity contribution is -0.121. The molecule has 0 atom stereocenters. The summed E-state index contributed by atoms with van der Waals surface area (Å²) in [5.41, 5.74) is 1.61. The van der Waals surface area contributed by atoms with Crippen molar-refractivity contribution in [2.75, 3.05) is 7.11 Å². The predicted octanol–water partition coefficient (Wildman–Crippen LogP) is 2.92. The standard InChI is InChI=1S/C20H19FN2O3/c1-26-17-7-2-13(3-8-17)12-22-19(24)9-5-15-10-14-4-6-16(21)11-18(14)23-20(15)25/h2-4,6-8,10-11H,5,9,12H2,1H3,(H,22,24)(H,23,25). The van der Waals surface area contributed by atoms with Crippen molar-refractivity contribution in [3.63, 3.8) is 0 Å². The zero-order chi connectivity index (χ0) is 18.5. The van der Waals surface area contributed by atoms with E-state index >= 15 is 0 Å². The number of carbonyl (C=O) groups excluding carboxylic acids is 1. The van der Waals surface area contributed by atoms with Gasteiger partial charge in [-0.05, 0) is 53.8 Å². The number of methoxy groups -OCH3 is 1. The highest BCUT2D eigenvalue weighted by Gasteiger charge is 2.07. The molecule has 0 saturated carbocycles. The van der Waals surface area contributed by atoms with Gasteiger partial charge in [-0.3, -0.25) is 9.59 Å². The fraction of sp³-hybridized carbons (Fsp3) is 0.200. The molecule has 0 unspecified atom stereocenters. The highest BCUT2D eigenvalue weighted by molar-refractivity contribution is 5.79. The topological polar surface area (TPSA) is 71.2 Å². The summed E-state index contributed by atoms with van der Waals surface area (Å²) < 4.78 is 18.3. The fourth-order valence-corrected chi connectivity index (χ4v) is 2.68. The molecule has 0 aliphatic carbocycles. The van der Waals surface area contributed by atoms with Gasteiger partial charge in [0.2, 0.25) is 5.91 Å². The largest absolute Gasteiger partial charge is 0.497 e. The third-order valence-electron chi connectivity index (χ3n) is 4.16. The Morgan fingerprint density at radius 3 is 2.65 bits per heavy atom. The van der Waals surface area contributed by atoms with E-state index in [0.29, 0.717) is 24.0 Å². The summed E-state index contributed by atoms with van der Waals surface area (Å²) in [6, 6.07) is 13.3. The van der Waals surface area contributed by atoms with Crippen molar-refractivity contribution in [3.05, 3.63) is 75.8 Å². The molecule has 0 aliphatic heterocycles. The third kappa shape index (κ3) is 4.27. The lowest BCUT2D eigenvalue weighted by Gasteiger charge is -2.07. The number of hydrogen-bond donors (Lipinski definition) is 2. The maximum Gasteiger partial charge on any atom is 0.251 e. The molecule has 5 nitrogen and oxygen atoms in total. The molecule has 6 heteroatoms. The Morgan fingerprint density at radius 1 is 1.15 bits per heavy atom. The molecule has 1 heterocycles. The lowest BCUT2D eigenvalue weighted by Crippen LogP contribution is -2.24. The molecular weight excluding hydrogens is 335 g/mol. The predicted molar refractivity (Wildman–Crippen MR) is 97.7 cm³/mol. The molecule has 0 bridgehead atoms. The number of hydrogen-bond acceptors (Lipinski definition) is 3. The summed E-state index contributed by atoms with van der Waals surface area (Å²) in [5, 5.41) is 3.56. The van der Waals surface area contributed by atoms with E-state index in [1.165, 1.54) is 12.1 Å². The molecule has 26 heavy (non-hydrogen) atoms. The Balaban J connectivity index is 1.58. The van der Waals surface area contributed by atoms with Gasteiger partial charge in [-0.2, -0.15) is 0 Å². The van der Waals surface area contributed by atoms with Crippen molar-refractivity contribution < 1.29 is 13.9 Å². The van der Waals surface area contributed by atoms with Crippen molar-refractivity contribution >= 4 is 16.8 Å². The second-order valence-electron chi connectivity index (χ2n) is 5.98. The van der Waals surface area contributed by atoms with Crippen LogP contribution in [-0.4, -0.2) is 18.0 Å². The molecule has 0 radical (unpaired) electrons. The second kappa shape index (κ2) is 7.82. The van der Waals surface area contributed by atoms with Crippen LogP contribution in [0.3, 0.4) is 0 Å². The summed E-state index contributed by atoms with van der Waals surface area (Å²) >= 11 is 0. The van der Waals surface area contributed by atoms with Crippen LogP contribution >= 0.6 is 0 Å². The van der Waals surface area contributed by atoms with E-state index in [0.717, 1.165) is 16.7 Å². The number of ether oxygens (including phenoxy) is 1. The zero-order valence-corrected chi connectivity index (χ0v) is 14.3. The van der Waals surface area contributed by atoms with E-state index in [1.807, 2.05) is 24.3 Å². The minimum atomic E-state index is -0.404. The number of nitrogens with one attached hydrogen (secondary N) is 2. The van der Waals surface area contributed by atoms with Gasteiger partial charge in [0, 0.05) is 18.5 Å². The third-order valence-corrected chi connectivity index (χ3v) is 4.16. The first-order chi connectivity index (χ1) is 12.5. The number of benzene rings is 2. The molecule has 134 valence electrons. The van der Waals surface area contributed by atoms with Crippen LogP contribution in [0.25, 0.3) is 10.9 Å². The van der Waals surface area contributed by atoms with Crippen LogP contribution in [-0.2, 0) is 17.8 Å². The molecular formula is C20H19FN2O3. The quantitative estimate of drug-likeness (QED) is 0.715. The van der Waals surface area contributed by atoms with Crippen LogP contribution in [0.4, 0.5) is 4.39 Å². The summed E-state index contributed by atoms with van der Waals surface area (Å²) in [6.45, 7) is 0.413. The number of halogens is 1. The van der Waals surface area contributed by atoms with E-state index in [4.69, 9.17) is 4.74 Å². The normalized spacial score (nSPS) is 10.7. The monoisotopic (exact) mass is 354 g/mol. The molecule has 0 fully saturated rings. The van der Waals surface area contributed by atoms with Crippen molar-refractivity contribution in [1.82, 2.24) is 10.3 Å². The molecule has 2 aromatic carbocycles. The van der Waals surface area contributed by atoms with Gasteiger partial charge in [0.05, 0.1) is 12.6 Å². The molecule has 2 N–H and O–H groups in total. The first kappa shape index (κ1) is 17.7. The van der Waals surface area contributed by atoms with Gasteiger partial charge < -0.3 is 15.0 Å². The smallest absolute Gasteiger partial charge is 0.251 e. The number of rotatable bonds is 6.